The molecule has 20 heavy (non-hydrogen) atoms. The molecule has 6 nitrogen and oxygen atoms in total. The van der Waals surface area contributed by atoms with Crippen LogP contribution in [0.3, 0.4) is 0 Å². The number of rotatable bonds is 5. The van der Waals surface area contributed by atoms with Crippen molar-refractivity contribution in [1.82, 2.24) is 10.6 Å². The first-order chi connectivity index (χ1) is 9.60. The molecule has 0 aliphatic carbocycles. The van der Waals surface area contributed by atoms with Crippen LogP contribution in [-0.2, 0) is 4.79 Å². The summed E-state index contributed by atoms with van der Waals surface area (Å²) in [5.74, 6) is 1.07. The summed E-state index contributed by atoms with van der Waals surface area (Å²) in [4.78, 5) is 15.8. The molecule has 0 heterocycles. The number of hydrogen-bond donors (Lipinski definition) is 3. The average Bonchev–Trinajstić information content (AvgIpc) is 2.44. The van der Waals surface area contributed by atoms with E-state index in [0.29, 0.717) is 35.4 Å². The lowest BCUT2D eigenvalue weighted by Gasteiger charge is -2.11. The van der Waals surface area contributed by atoms with E-state index >= 15 is 0 Å². The van der Waals surface area contributed by atoms with Gasteiger partial charge in [-0.2, -0.15) is 0 Å². The number of carbonyl (C=O) groups is 1. The number of benzene rings is 1. The molecule has 0 bridgehead atoms. The van der Waals surface area contributed by atoms with Crippen LogP contribution in [0.5, 0.6) is 5.75 Å². The van der Waals surface area contributed by atoms with E-state index in [9.17, 15) is 4.79 Å². The molecule has 1 amide bonds. The van der Waals surface area contributed by atoms with Gasteiger partial charge < -0.3 is 20.7 Å². The first-order valence-electron chi connectivity index (χ1n) is 6.12. The predicted molar refractivity (Wildman–Crippen MR) is 81.7 cm³/mol. The van der Waals surface area contributed by atoms with Crippen molar-refractivity contribution in [3.63, 3.8) is 0 Å². The summed E-state index contributed by atoms with van der Waals surface area (Å²) in [5.41, 5.74) is 0.558. The standard InChI is InChI=1S/C13H19ClN4O2/c1-15-13(16-2)17-7-6-12(19)18-10-8-9(14)4-5-11(10)20-3/h4-5,8H,6-7H2,1-3H3,(H,18,19)(H2,15,16,17). The monoisotopic (exact) mass is 298 g/mol. The van der Waals surface area contributed by atoms with Crippen molar-refractivity contribution in [1.29, 1.82) is 0 Å². The Balaban J connectivity index is 2.52. The quantitative estimate of drug-likeness (QED) is 0.568. The fourth-order valence-electron chi connectivity index (χ4n) is 1.56. The third-order valence-corrected chi connectivity index (χ3v) is 2.78. The summed E-state index contributed by atoms with van der Waals surface area (Å²) < 4.78 is 5.16. The van der Waals surface area contributed by atoms with Gasteiger partial charge >= 0.3 is 0 Å². The van der Waals surface area contributed by atoms with Gasteiger partial charge in [0, 0.05) is 32.1 Å². The van der Waals surface area contributed by atoms with E-state index in [2.05, 4.69) is 20.9 Å². The van der Waals surface area contributed by atoms with Gasteiger partial charge in [-0.3, -0.25) is 9.79 Å². The minimum atomic E-state index is -0.135. The zero-order chi connectivity index (χ0) is 15.0. The molecule has 0 aliphatic rings. The molecule has 3 N–H and O–H groups in total. The summed E-state index contributed by atoms with van der Waals surface area (Å²) in [6, 6.07) is 5.06. The van der Waals surface area contributed by atoms with E-state index in [0.717, 1.165) is 0 Å². The number of amides is 1. The molecule has 0 aromatic heterocycles. The van der Waals surface area contributed by atoms with Crippen LogP contribution in [0.15, 0.2) is 23.2 Å². The Hall–Kier alpha value is -1.95. The second-order valence-corrected chi connectivity index (χ2v) is 4.33. The molecular weight excluding hydrogens is 280 g/mol. The number of anilines is 1. The lowest BCUT2D eigenvalue weighted by atomic mass is 10.2. The van der Waals surface area contributed by atoms with E-state index < -0.39 is 0 Å². The van der Waals surface area contributed by atoms with Crippen molar-refractivity contribution in [2.24, 2.45) is 4.99 Å². The Kier molecular flexibility index (Phi) is 6.66. The number of guanidine groups is 1. The number of nitrogens with zero attached hydrogens (tertiary/aromatic N) is 1. The number of hydrogen-bond acceptors (Lipinski definition) is 3. The zero-order valence-corrected chi connectivity index (χ0v) is 12.5. The van der Waals surface area contributed by atoms with E-state index in [-0.39, 0.29) is 5.91 Å². The molecule has 7 heteroatoms. The predicted octanol–water partition coefficient (Wildman–Crippen LogP) is 1.47. The summed E-state index contributed by atoms with van der Waals surface area (Å²) in [6.07, 6.45) is 0.302. The van der Waals surface area contributed by atoms with Gasteiger partial charge in [-0.15, -0.1) is 0 Å². The molecule has 0 saturated heterocycles. The van der Waals surface area contributed by atoms with Gasteiger partial charge in [0.05, 0.1) is 12.8 Å². The first-order valence-corrected chi connectivity index (χ1v) is 6.50. The van der Waals surface area contributed by atoms with Gasteiger partial charge in [-0.25, -0.2) is 0 Å². The van der Waals surface area contributed by atoms with Gasteiger partial charge in [0.15, 0.2) is 5.96 Å². The molecule has 0 spiro atoms. The van der Waals surface area contributed by atoms with Gasteiger partial charge in [0.25, 0.3) is 0 Å². The summed E-state index contributed by atoms with van der Waals surface area (Å²) >= 11 is 5.90. The zero-order valence-electron chi connectivity index (χ0n) is 11.8. The molecule has 1 rings (SSSR count). The van der Waals surface area contributed by atoms with Gasteiger partial charge in [0.1, 0.15) is 5.75 Å². The second-order valence-electron chi connectivity index (χ2n) is 3.89. The van der Waals surface area contributed by atoms with Crippen molar-refractivity contribution in [3.8, 4) is 5.75 Å². The van der Waals surface area contributed by atoms with Gasteiger partial charge in [-0.1, -0.05) is 11.6 Å². The van der Waals surface area contributed by atoms with Crippen molar-refractivity contribution in [3.05, 3.63) is 23.2 Å². The highest BCUT2D eigenvalue weighted by molar-refractivity contribution is 6.31. The SMILES string of the molecule is CN=C(NC)NCCC(=O)Nc1cc(Cl)ccc1OC. The fraction of sp³-hybridized carbons (Fsp3) is 0.385. The van der Waals surface area contributed by atoms with Crippen LogP contribution >= 0.6 is 11.6 Å². The fourth-order valence-corrected chi connectivity index (χ4v) is 1.74. The maximum absolute atomic E-state index is 11.8. The number of nitrogens with one attached hydrogen (secondary N) is 3. The number of aliphatic imine (C=N–C) groups is 1. The summed E-state index contributed by atoms with van der Waals surface area (Å²) in [6.45, 7) is 0.474. The van der Waals surface area contributed by atoms with Crippen molar-refractivity contribution >= 4 is 29.2 Å². The van der Waals surface area contributed by atoms with E-state index in [4.69, 9.17) is 16.3 Å². The van der Waals surface area contributed by atoms with Crippen molar-refractivity contribution in [2.45, 2.75) is 6.42 Å². The smallest absolute Gasteiger partial charge is 0.226 e. The van der Waals surface area contributed by atoms with E-state index in [1.165, 1.54) is 7.11 Å². The minimum absolute atomic E-state index is 0.135. The van der Waals surface area contributed by atoms with E-state index in [1.807, 2.05) is 0 Å². The Morgan fingerprint density at radius 1 is 1.45 bits per heavy atom. The maximum atomic E-state index is 11.8. The molecule has 0 atom stereocenters. The molecule has 110 valence electrons. The van der Waals surface area contributed by atoms with Gasteiger partial charge in [0.2, 0.25) is 5.91 Å². The first kappa shape index (κ1) is 16.1. The molecule has 0 radical (unpaired) electrons. The molecule has 0 aliphatic heterocycles. The van der Waals surface area contributed by atoms with Crippen LogP contribution in [0.25, 0.3) is 0 Å². The highest BCUT2D eigenvalue weighted by atomic mass is 35.5. The molecule has 0 unspecified atom stereocenters. The summed E-state index contributed by atoms with van der Waals surface area (Å²) in [5, 5.41) is 9.17. The highest BCUT2D eigenvalue weighted by Gasteiger charge is 2.08. The number of carbonyl (C=O) groups excluding carboxylic acids is 1. The number of halogens is 1. The van der Waals surface area contributed by atoms with Crippen LogP contribution in [0, 0.1) is 0 Å². The third kappa shape index (κ3) is 4.97. The highest BCUT2D eigenvalue weighted by Crippen LogP contribution is 2.27. The molecule has 0 fully saturated rings. The topological polar surface area (TPSA) is 74.8 Å². The second kappa shape index (κ2) is 8.27. The number of ether oxygens (including phenoxy) is 1. The van der Waals surface area contributed by atoms with Crippen LogP contribution in [0.1, 0.15) is 6.42 Å². The van der Waals surface area contributed by atoms with Crippen LogP contribution in [0.4, 0.5) is 5.69 Å². The Labute approximate surface area is 123 Å². The summed E-state index contributed by atoms with van der Waals surface area (Å²) in [7, 11) is 4.96. The number of methoxy groups -OCH3 is 1. The lowest BCUT2D eigenvalue weighted by molar-refractivity contribution is -0.116. The molecule has 1 aromatic carbocycles. The van der Waals surface area contributed by atoms with Crippen LogP contribution in [0.2, 0.25) is 5.02 Å². The van der Waals surface area contributed by atoms with Crippen LogP contribution in [-0.4, -0.2) is 39.6 Å². The molecular formula is C13H19ClN4O2. The molecule has 0 saturated carbocycles. The normalized spacial score (nSPS) is 10.9. The van der Waals surface area contributed by atoms with Crippen molar-refractivity contribution in [2.75, 3.05) is 33.1 Å². The molecule has 1 aromatic rings. The minimum Gasteiger partial charge on any atom is -0.495 e. The largest absolute Gasteiger partial charge is 0.495 e. The van der Waals surface area contributed by atoms with E-state index in [1.54, 1.807) is 32.3 Å². The maximum Gasteiger partial charge on any atom is 0.226 e. The lowest BCUT2D eigenvalue weighted by Crippen LogP contribution is -2.36. The van der Waals surface area contributed by atoms with Gasteiger partial charge in [-0.05, 0) is 18.2 Å². The Morgan fingerprint density at radius 2 is 2.20 bits per heavy atom. The van der Waals surface area contributed by atoms with Crippen molar-refractivity contribution < 1.29 is 9.53 Å². The third-order valence-electron chi connectivity index (χ3n) is 2.54. The average molecular weight is 299 g/mol. The van der Waals surface area contributed by atoms with Crippen LogP contribution < -0.4 is 20.7 Å². The Morgan fingerprint density at radius 3 is 2.80 bits per heavy atom. The Bertz CT molecular complexity index is 491.